The number of carbonyl (C=O) groups excluding carboxylic acids is 1. The summed E-state index contributed by atoms with van der Waals surface area (Å²) in [4.78, 5) is 14.5. The number of halogens is 2. The van der Waals surface area contributed by atoms with Crippen molar-refractivity contribution in [2.45, 2.75) is 13.5 Å². The van der Waals surface area contributed by atoms with Crippen molar-refractivity contribution in [1.29, 1.82) is 0 Å². The van der Waals surface area contributed by atoms with Crippen molar-refractivity contribution in [3.63, 3.8) is 0 Å². The van der Waals surface area contributed by atoms with Crippen LogP contribution in [0.5, 0.6) is 11.5 Å². The first-order valence-corrected chi connectivity index (χ1v) is 8.47. The minimum Gasteiger partial charge on any atom is -0.486 e. The average molecular weight is 366 g/mol. The van der Waals surface area contributed by atoms with Gasteiger partial charge in [0.25, 0.3) is 5.91 Å². The smallest absolute Gasteiger partial charge is 0.254 e. The molecule has 2 aromatic rings. The van der Waals surface area contributed by atoms with Crippen LogP contribution in [0.2, 0.25) is 10.0 Å². The fourth-order valence-electron chi connectivity index (χ4n) is 2.54. The predicted octanol–water partition coefficient (Wildman–Crippen LogP) is 4.43. The van der Waals surface area contributed by atoms with Gasteiger partial charge in [-0.1, -0.05) is 29.3 Å². The van der Waals surface area contributed by atoms with Gasteiger partial charge in [0.2, 0.25) is 0 Å². The Morgan fingerprint density at radius 1 is 1.04 bits per heavy atom. The first-order chi connectivity index (χ1) is 11.6. The molecule has 4 nitrogen and oxygen atoms in total. The minimum atomic E-state index is -0.0689. The number of carbonyl (C=O) groups is 1. The highest BCUT2D eigenvalue weighted by atomic mass is 35.5. The summed E-state index contributed by atoms with van der Waals surface area (Å²) in [5.74, 6) is 1.21. The van der Waals surface area contributed by atoms with Gasteiger partial charge >= 0.3 is 0 Å². The largest absolute Gasteiger partial charge is 0.486 e. The number of nitrogens with zero attached hydrogens (tertiary/aromatic N) is 1. The van der Waals surface area contributed by atoms with Gasteiger partial charge in [-0.25, -0.2) is 0 Å². The van der Waals surface area contributed by atoms with Crippen molar-refractivity contribution >= 4 is 29.1 Å². The Balaban J connectivity index is 1.79. The number of ether oxygens (including phenoxy) is 2. The fourth-order valence-corrected chi connectivity index (χ4v) is 2.87. The summed E-state index contributed by atoms with van der Waals surface area (Å²) in [6.45, 7) is 3.99. The molecular formula is C18H17Cl2NO3. The molecule has 0 fully saturated rings. The summed E-state index contributed by atoms with van der Waals surface area (Å²) in [7, 11) is 0. The van der Waals surface area contributed by atoms with E-state index in [1.54, 1.807) is 35.2 Å². The molecule has 126 valence electrons. The third-order valence-corrected chi connectivity index (χ3v) is 4.55. The molecule has 0 aliphatic carbocycles. The summed E-state index contributed by atoms with van der Waals surface area (Å²) in [5, 5.41) is 0.985. The molecule has 1 aliphatic heterocycles. The summed E-state index contributed by atoms with van der Waals surface area (Å²) in [6.07, 6.45) is 0. The lowest BCUT2D eigenvalue weighted by Crippen LogP contribution is -2.30. The maximum Gasteiger partial charge on any atom is 0.254 e. The van der Waals surface area contributed by atoms with Gasteiger partial charge in [0, 0.05) is 18.7 Å². The normalized spacial score (nSPS) is 12.8. The standard InChI is InChI=1S/C18H17Cl2NO3/c1-2-21(11-12-3-5-14(19)15(20)9-12)18(22)13-4-6-16-17(10-13)24-8-7-23-16/h3-6,9-10H,2,7-8,11H2,1H3. The quantitative estimate of drug-likeness (QED) is 0.804. The van der Waals surface area contributed by atoms with E-state index in [0.29, 0.717) is 53.4 Å². The maximum atomic E-state index is 12.8. The van der Waals surface area contributed by atoms with Crippen LogP contribution in [0.3, 0.4) is 0 Å². The second kappa shape index (κ2) is 7.32. The number of rotatable bonds is 4. The molecule has 1 aliphatic rings. The predicted molar refractivity (Wildman–Crippen MR) is 94.3 cm³/mol. The van der Waals surface area contributed by atoms with Crippen molar-refractivity contribution in [1.82, 2.24) is 4.90 Å². The van der Waals surface area contributed by atoms with E-state index in [1.807, 2.05) is 13.0 Å². The highest BCUT2D eigenvalue weighted by Crippen LogP contribution is 2.31. The number of benzene rings is 2. The van der Waals surface area contributed by atoms with E-state index in [1.165, 1.54) is 0 Å². The lowest BCUT2D eigenvalue weighted by molar-refractivity contribution is 0.0751. The monoisotopic (exact) mass is 365 g/mol. The van der Waals surface area contributed by atoms with Crippen molar-refractivity contribution in [3.05, 3.63) is 57.6 Å². The van der Waals surface area contributed by atoms with Crippen molar-refractivity contribution in [2.24, 2.45) is 0 Å². The Morgan fingerprint density at radius 3 is 2.50 bits per heavy atom. The molecule has 0 spiro atoms. The summed E-state index contributed by atoms with van der Waals surface area (Å²) in [5.41, 5.74) is 1.50. The highest BCUT2D eigenvalue weighted by molar-refractivity contribution is 6.42. The fraction of sp³-hybridized carbons (Fsp3) is 0.278. The van der Waals surface area contributed by atoms with Gasteiger partial charge in [0.05, 0.1) is 10.0 Å². The van der Waals surface area contributed by atoms with Crippen LogP contribution in [0.4, 0.5) is 0 Å². The van der Waals surface area contributed by atoms with Crippen LogP contribution in [0.25, 0.3) is 0 Å². The van der Waals surface area contributed by atoms with Crippen LogP contribution in [0, 0.1) is 0 Å². The summed E-state index contributed by atoms with van der Waals surface area (Å²) >= 11 is 12.0. The first-order valence-electron chi connectivity index (χ1n) is 7.71. The number of hydrogen-bond donors (Lipinski definition) is 0. The van der Waals surface area contributed by atoms with E-state index >= 15 is 0 Å². The Hall–Kier alpha value is -1.91. The molecule has 0 bridgehead atoms. The molecule has 3 rings (SSSR count). The minimum absolute atomic E-state index is 0.0689. The SMILES string of the molecule is CCN(Cc1ccc(Cl)c(Cl)c1)C(=O)c1ccc2c(c1)OCCO2. The van der Waals surface area contributed by atoms with E-state index in [-0.39, 0.29) is 5.91 Å². The molecule has 0 saturated carbocycles. The van der Waals surface area contributed by atoms with Crippen LogP contribution < -0.4 is 9.47 Å². The zero-order valence-electron chi connectivity index (χ0n) is 13.2. The second-order valence-electron chi connectivity index (χ2n) is 5.43. The van der Waals surface area contributed by atoms with E-state index in [4.69, 9.17) is 32.7 Å². The topological polar surface area (TPSA) is 38.8 Å². The van der Waals surface area contributed by atoms with E-state index < -0.39 is 0 Å². The van der Waals surface area contributed by atoms with Crippen LogP contribution in [-0.2, 0) is 6.54 Å². The van der Waals surface area contributed by atoms with Gasteiger partial charge in [-0.3, -0.25) is 4.79 Å². The molecular weight excluding hydrogens is 349 g/mol. The molecule has 0 atom stereocenters. The Labute approximate surface area is 150 Å². The average Bonchev–Trinajstić information content (AvgIpc) is 2.61. The molecule has 0 saturated heterocycles. The van der Waals surface area contributed by atoms with Crippen LogP contribution in [0.15, 0.2) is 36.4 Å². The second-order valence-corrected chi connectivity index (χ2v) is 6.24. The van der Waals surface area contributed by atoms with Crippen LogP contribution in [-0.4, -0.2) is 30.6 Å². The number of amides is 1. The molecule has 0 radical (unpaired) electrons. The number of hydrogen-bond acceptors (Lipinski definition) is 3. The molecule has 1 amide bonds. The van der Waals surface area contributed by atoms with E-state index in [0.717, 1.165) is 5.56 Å². The Bertz CT molecular complexity index is 764. The van der Waals surface area contributed by atoms with Crippen LogP contribution >= 0.6 is 23.2 Å². The van der Waals surface area contributed by atoms with Gasteiger partial charge in [-0.2, -0.15) is 0 Å². The molecule has 1 heterocycles. The van der Waals surface area contributed by atoms with Crippen molar-refractivity contribution < 1.29 is 14.3 Å². The van der Waals surface area contributed by atoms with Crippen molar-refractivity contribution in [2.75, 3.05) is 19.8 Å². The third kappa shape index (κ3) is 3.60. The zero-order chi connectivity index (χ0) is 17.1. The van der Waals surface area contributed by atoms with Gasteiger partial charge < -0.3 is 14.4 Å². The summed E-state index contributed by atoms with van der Waals surface area (Å²) in [6, 6.07) is 10.6. The molecule has 2 aromatic carbocycles. The molecule has 24 heavy (non-hydrogen) atoms. The Kier molecular flexibility index (Phi) is 5.17. The van der Waals surface area contributed by atoms with E-state index in [9.17, 15) is 4.79 Å². The lowest BCUT2D eigenvalue weighted by Gasteiger charge is -2.23. The maximum absolute atomic E-state index is 12.8. The molecule has 0 aromatic heterocycles. The van der Waals surface area contributed by atoms with Crippen LogP contribution in [0.1, 0.15) is 22.8 Å². The summed E-state index contributed by atoms with van der Waals surface area (Å²) < 4.78 is 11.0. The number of fused-ring (bicyclic) bond motifs is 1. The Morgan fingerprint density at radius 2 is 1.79 bits per heavy atom. The lowest BCUT2D eigenvalue weighted by atomic mass is 10.1. The molecule has 0 N–H and O–H groups in total. The van der Waals surface area contributed by atoms with E-state index in [2.05, 4.69) is 0 Å². The van der Waals surface area contributed by atoms with Gasteiger partial charge in [0.15, 0.2) is 11.5 Å². The van der Waals surface area contributed by atoms with Crippen molar-refractivity contribution in [3.8, 4) is 11.5 Å². The first kappa shape index (κ1) is 16.9. The zero-order valence-corrected chi connectivity index (χ0v) is 14.7. The molecule has 0 unspecified atom stereocenters. The van der Waals surface area contributed by atoms with Gasteiger partial charge in [-0.15, -0.1) is 0 Å². The van der Waals surface area contributed by atoms with Gasteiger partial charge in [-0.05, 0) is 42.8 Å². The highest BCUT2D eigenvalue weighted by Gasteiger charge is 2.19. The molecule has 6 heteroatoms. The third-order valence-electron chi connectivity index (χ3n) is 3.82. The van der Waals surface area contributed by atoms with Gasteiger partial charge in [0.1, 0.15) is 13.2 Å².